The molecule has 0 radical (unpaired) electrons. The predicted octanol–water partition coefficient (Wildman–Crippen LogP) is 1.42. The molecule has 1 fully saturated rings. The molecule has 1 aliphatic rings. The Kier molecular flexibility index (Phi) is 4.58. The van der Waals surface area contributed by atoms with Gasteiger partial charge in [-0.2, -0.15) is 0 Å². The molecule has 0 aromatic heterocycles. The third-order valence-electron chi connectivity index (χ3n) is 3.43. The number of hydrogen-bond acceptors (Lipinski definition) is 4. The van der Waals surface area contributed by atoms with Crippen LogP contribution in [0.1, 0.15) is 18.5 Å². The summed E-state index contributed by atoms with van der Waals surface area (Å²) in [5.74, 6) is 0.909. The quantitative estimate of drug-likeness (QED) is 0.878. The van der Waals surface area contributed by atoms with Gasteiger partial charge in [0, 0.05) is 25.2 Å². The van der Waals surface area contributed by atoms with E-state index in [0.29, 0.717) is 6.54 Å². The Morgan fingerprint density at radius 1 is 1.50 bits per heavy atom. The minimum absolute atomic E-state index is 0.201. The predicted molar refractivity (Wildman–Crippen MR) is 71.8 cm³/mol. The second-order valence-electron chi connectivity index (χ2n) is 4.67. The third kappa shape index (κ3) is 2.83. The molecule has 1 saturated heterocycles. The van der Waals surface area contributed by atoms with Crippen LogP contribution >= 0.6 is 0 Å². The zero-order chi connectivity index (χ0) is 13.0. The van der Waals surface area contributed by atoms with E-state index in [-0.39, 0.29) is 12.1 Å². The summed E-state index contributed by atoms with van der Waals surface area (Å²) in [4.78, 5) is 2.38. The van der Waals surface area contributed by atoms with Gasteiger partial charge in [-0.1, -0.05) is 18.2 Å². The monoisotopic (exact) mass is 250 g/mol. The van der Waals surface area contributed by atoms with Crippen molar-refractivity contribution >= 4 is 0 Å². The van der Waals surface area contributed by atoms with Crippen molar-refractivity contribution in [3.05, 3.63) is 29.8 Å². The van der Waals surface area contributed by atoms with Crippen LogP contribution in [0, 0.1) is 0 Å². The largest absolute Gasteiger partial charge is 0.496 e. The molecule has 100 valence electrons. The molecule has 2 unspecified atom stereocenters. The summed E-state index contributed by atoms with van der Waals surface area (Å²) < 4.78 is 11.0. The number of morpholine rings is 1. The first kappa shape index (κ1) is 13.3. The summed E-state index contributed by atoms with van der Waals surface area (Å²) in [5, 5.41) is 0. The second kappa shape index (κ2) is 6.18. The van der Waals surface area contributed by atoms with E-state index in [9.17, 15) is 0 Å². The fraction of sp³-hybridized carbons (Fsp3) is 0.571. The highest BCUT2D eigenvalue weighted by Gasteiger charge is 2.26. The highest BCUT2D eigenvalue weighted by Crippen LogP contribution is 2.29. The van der Waals surface area contributed by atoms with E-state index in [1.54, 1.807) is 7.11 Å². The third-order valence-corrected chi connectivity index (χ3v) is 3.43. The van der Waals surface area contributed by atoms with Crippen molar-refractivity contribution in [2.45, 2.75) is 19.1 Å². The number of ether oxygens (including phenoxy) is 2. The lowest BCUT2D eigenvalue weighted by Crippen LogP contribution is -2.45. The van der Waals surface area contributed by atoms with E-state index in [1.165, 1.54) is 0 Å². The molecule has 1 aliphatic heterocycles. The maximum absolute atomic E-state index is 5.97. The van der Waals surface area contributed by atoms with Crippen molar-refractivity contribution in [1.82, 2.24) is 4.90 Å². The standard InChI is InChI=1S/C14H22N2O2/c1-11-10-16(7-8-18-11)13(9-15)12-5-3-4-6-14(12)17-2/h3-6,11,13H,7-10,15H2,1-2H3. The maximum atomic E-state index is 5.97. The Bertz CT molecular complexity index is 384. The molecule has 0 spiro atoms. The van der Waals surface area contributed by atoms with E-state index in [1.807, 2.05) is 18.2 Å². The van der Waals surface area contributed by atoms with Gasteiger partial charge in [0.1, 0.15) is 5.75 Å². The molecule has 2 rings (SSSR count). The summed E-state index contributed by atoms with van der Waals surface area (Å²) in [7, 11) is 1.70. The fourth-order valence-electron chi connectivity index (χ4n) is 2.54. The van der Waals surface area contributed by atoms with Gasteiger partial charge in [0.25, 0.3) is 0 Å². The number of nitrogens with zero attached hydrogens (tertiary/aromatic N) is 1. The smallest absolute Gasteiger partial charge is 0.123 e. The number of rotatable bonds is 4. The lowest BCUT2D eigenvalue weighted by molar-refractivity contribution is -0.0335. The summed E-state index contributed by atoms with van der Waals surface area (Å²) in [5.41, 5.74) is 7.13. The number of para-hydroxylation sites is 1. The van der Waals surface area contributed by atoms with Gasteiger partial charge in [0.15, 0.2) is 0 Å². The Hall–Kier alpha value is -1.10. The van der Waals surface area contributed by atoms with Gasteiger partial charge >= 0.3 is 0 Å². The van der Waals surface area contributed by atoms with Crippen LogP contribution in [0.25, 0.3) is 0 Å². The van der Waals surface area contributed by atoms with E-state index in [4.69, 9.17) is 15.2 Å². The molecule has 2 N–H and O–H groups in total. The molecular formula is C14H22N2O2. The zero-order valence-corrected chi connectivity index (χ0v) is 11.1. The fourth-order valence-corrected chi connectivity index (χ4v) is 2.54. The van der Waals surface area contributed by atoms with Crippen LogP contribution in [-0.4, -0.2) is 44.4 Å². The summed E-state index contributed by atoms with van der Waals surface area (Å²) in [6.45, 7) is 5.30. The van der Waals surface area contributed by atoms with Crippen LogP contribution < -0.4 is 10.5 Å². The maximum Gasteiger partial charge on any atom is 0.123 e. The number of benzene rings is 1. The molecule has 18 heavy (non-hydrogen) atoms. The van der Waals surface area contributed by atoms with Crippen LogP contribution in [0.15, 0.2) is 24.3 Å². The highest BCUT2D eigenvalue weighted by atomic mass is 16.5. The van der Waals surface area contributed by atoms with Gasteiger partial charge in [-0.25, -0.2) is 0 Å². The molecule has 2 atom stereocenters. The van der Waals surface area contributed by atoms with Gasteiger partial charge in [0.2, 0.25) is 0 Å². The average Bonchev–Trinajstić information content (AvgIpc) is 2.40. The first-order valence-electron chi connectivity index (χ1n) is 6.45. The molecule has 0 aliphatic carbocycles. The summed E-state index contributed by atoms with van der Waals surface area (Å²) in [6.07, 6.45) is 0.266. The Morgan fingerprint density at radius 2 is 2.28 bits per heavy atom. The van der Waals surface area contributed by atoms with Crippen molar-refractivity contribution in [3.63, 3.8) is 0 Å². The van der Waals surface area contributed by atoms with Gasteiger partial charge in [-0.3, -0.25) is 4.90 Å². The molecule has 0 amide bonds. The zero-order valence-electron chi connectivity index (χ0n) is 11.1. The van der Waals surface area contributed by atoms with Crippen molar-refractivity contribution < 1.29 is 9.47 Å². The Balaban J connectivity index is 2.21. The Morgan fingerprint density at radius 3 is 2.94 bits per heavy atom. The first-order valence-corrected chi connectivity index (χ1v) is 6.45. The van der Waals surface area contributed by atoms with Gasteiger partial charge in [-0.05, 0) is 13.0 Å². The molecule has 4 heteroatoms. The molecule has 4 nitrogen and oxygen atoms in total. The van der Waals surface area contributed by atoms with Crippen LogP contribution in [-0.2, 0) is 4.74 Å². The molecular weight excluding hydrogens is 228 g/mol. The van der Waals surface area contributed by atoms with Crippen molar-refractivity contribution in [2.75, 3.05) is 33.4 Å². The van der Waals surface area contributed by atoms with Crippen molar-refractivity contribution in [1.29, 1.82) is 0 Å². The van der Waals surface area contributed by atoms with Crippen LogP contribution in [0.4, 0.5) is 0 Å². The number of hydrogen-bond donors (Lipinski definition) is 1. The lowest BCUT2D eigenvalue weighted by atomic mass is 10.0. The van der Waals surface area contributed by atoms with E-state index in [0.717, 1.165) is 31.0 Å². The first-order chi connectivity index (χ1) is 8.76. The minimum Gasteiger partial charge on any atom is -0.496 e. The summed E-state index contributed by atoms with van der Waals surface area (Å²) in [6, 6.07) is 8.30. The molecule has 1 aromatic rings. The van der Waals surface area contributed by atoms with E-state index >= 15 is 0 Å². The molecule has 1 aromatic carbocycles. The van der Waals surface area contributed by atoms with Crippen LogP contribution in [0.2, 0.25) is 0 Å². The van der Waals surface area contributed by atoms with E-state index < -0.39 is 0 Å². The van der Waals surface area contributed by atoms with Crippen LogP contribution in [0.3, 0.4) is 0 Å². The number of nitrogens with two attached hydrogens (primary N) is 1. The van der Waals surface area contributed by atoms with Crippen molar-refractivity contribution in [2.24, 2.45) is 5.73 Å². The van der Waals surface area contributed by atoms with Gasteiger partial charge in [-0.15, -0.1) is 0 Å². The highest BCUT2D eigenvalue weighted by molar-refractivity contribution is 5.36. The van der Waals surface area contributed by atoms with Gasteiger partial charge < -0.3 is 15.2 Å². The topological polar surface area (TPSA) is 47.7 Å². The normalized spacial score (nSPS) is 22.7. The molecule has 0 bridgehead atoms. The second-order valence-corrected chi connectivity index (χ2v) is 4.67. The number of methoxy groups -OCH3 is 1. The summed E-state index contributed by atoms with van der Waals surface area (Å²) >= 11 is 0. The van der Waals surface area contributed by atoms with Gasteiger partial charge in [0.05, 0.1) is 25.9 Å². The molecule has 1 heterocycles. The molecule has 0 saturated carbocycles. The van der Waals surface area contributed by atoms with E-state index in [2.05, 4.69) is 17.9 Å². The lowest BCUT2D eigenvalue weighted by Gasteiger charge is -2.37. The SMILES string of the molecule is COc1ccccc1C(CN)N1CCOC(C)C1. The Labute approximate surface area is 109 Å². The minimum atomic E-state index is 0.201. The van der Waals surface area contributed by atoms with Crippen molar-refractivity contribution in [3.8, 4) is 5.75 Å². The average molecular weight is 250 g/mol. The van der Waals surface area contributed by atoms with Crippen LogP contribution in [0.5, 0.6) is 5.75 Å².